The number of nitrogens with zero attached hydrogens (tertiary/aromatic N) is 1. The van der Waals surface area contributed by atoms with Crippen molar-refractivity contribution in [1.82, 2.24) is 4.90 Å². The molecule has 1 saturated heterocycles. The first-order valence-corrected chi connectivity index (χ1v) is 10.3. The number of hydrogen-bond donors (Lipinski definition) is 3. The van der Waals surface area contributed by atoms with Crippen LogP contribution in [0.5, 0.6) is 0 Å². The normalized spacial score (nSPS) is 20.2. The zero-order valence-electron chi connectivity index (χ0n) is 15.2. The molecule has 0 saturated carbocycles. The molecule has 0 aliphatic carbocycles. The molecule has 2 aromatic carbocycles. The van der Waals surface area contributed by atoms with Gasteiger partial charge in [0.1, 0.15) is 12.7 Å². The van der Waals surface area contributed by atoms with Crippen LogP contribution >= 0.6 is 0 Å². The highest BCUT2D eigenvalue weighted by molar-refractivity contribution is 7.92. The molecule has 4 N–H and O–H groups in total. The van der Waals surface area contributed by atoms with Crippen LogP contribution in [0.4, 0.5) is 5.69 Å². The number of nitrogens with two attached hydrogens (primary N) is 1. The van der Waals surface area contributed by atoms with Crippen molar-refractivity contribution in [2.75, 3.05) is 31.0 Å². The summed E-state index contributed by atoms with van der Waals surface area (Å²) in [6.45, 7) is 0.260. The van der Waals surface area contributed by atoms with Gasteiger partial charge in [0.25, 0.3) is 10.0 Å². The summed E-state index contributed by atoms with van der Waals surface area (Å²) in [5, 5.41) is 9.76. The molecule has 0 radical (unpaired) electrons. The van der Waals surface area contributed by atoms with Crippen molar-refractivity contribution in [3.05, 3.63) is 60.2 Å². The summed E-state index contributed by atoms with van der Waals surface area (Å²) in [6.07, 6.45) is -0.519. The third kappa shape index (κ3) is 4.33. The molecule has 1 aliphatic rings. The number of morpholine rings is 1. The molecule has 3 rings (SSSR count). The molecule has 2 atom stereocenters. The summed E-state index contributed by atoms with van der Waals surface area (Å²) < 4.78 is 33.0. The van der Waals surface area contributed by atoms with Gasteiger partial charge >= 0.3 is 0 Å². The number of aliphatic hydroxyl groups excluding tert-OH is 1. The molecule has 1 fully saturated rings. The van der Waals surface area contributed by atoms with Crippen LogP contribution < -0.4 is 10.5 Å². The zero-order valence-corrected chi connectivity index (χ0v) is 16.0. The van der Waals surface area contributed by atoms with E-state index in [2.05, 4.69) is 4.72 Å². The van der Waals surface area contributed by atoms with Crippen LogP contribution in [-0.4, -0.2) is 56.7 Å². The molecule has 1 aliphatic heterocycles. The average molecular weight is 405 g/mol. The fourth-order valence-electron chi connectivity index (χ4n) is 3.20. The van der Waals surface area contributed by atoms with E-state index >= 15 is 0 Å². The Kier molecular flexibility index (Phi) is 6.30. The molecular weight excluding hydrogens is 382 g/mol. The highest BCUT2D eigenvalue weighted by atomic mass is 32.2. The summed E-state index contributed by atoms with van der Waals surface area (Å²) in [5.74, 6) is -0.215. The summed E-state index contributed by atoms with van der Waals surface area (Å²) >= 11 is 0. The van der Waals surface area contributed by atoms with E-state index in [4.69, 9.17) is 10.5 Å². The van der Waals surface area contributed by atoms with Gasteiger partial charge in [0, 0.05) is 18.8 Å². The fourth-order valence-corrected chi connectivity index (χ4v) is 4.28. The predicted octanol–water partition coefficient (Wildman–Crippen LogP) is 0.707. The molecule has 9 heteroatoms. The van der Waals surface area contributed by atoms with E-state index in [0.717, 1.165) is 5.56 Å². The van der Waals surface area contributed by atoms with Crippen LogP contribution in [0.2, 0.25) is 0 Å². The van der Waals surface area contributed by atoms with Crippen LogP contribution in [0.15, 0.2) is 59.5 Å². The highest BCUT2D eigenvalue weighted by Gasteiger charge is 2.36. The minimum absolute atomic E-state index is 0.0937. The molecule has 0 aromatic heterocycles. The molecule has 2 aromatic rings. The molecule has 1 heterocycles. The Labute approximate surface area is 164 Å². The Morgan fingerprint density at radius 3 is 2.43 bits per heavy atom. The van der Waals surface area contributed by atoms with Gasteiger partial charge in [-0.2, -0.15) is 0 Å². The van der Waals surface area contributed by atoms with Crippen molar-refractivity contribution < 1.29 is 23.1 Å². The van der Waals surface area contributed by atoms with Crippen molar-refractivity contribution in [3.63, 3.8) is 0 Å². The number of anilines is 1. The topological polar surface area (TPSA) is 122 Å². The van der Waals surface area contributed by atoms with Crippen LogP contribution in [0.25, 0.3) is 0 Å². The first-order chi connectivity index (χ1) is 13.5. The second-order valence-electron chi connectivity index (χ2n) is 6.40. The monoisotopic (exact) mass is 405 g/mol. The van der Waals surface area contributed by atoms with Gasteiger partial charge in [-0.1, -0.05) is 30.3 Å². The van der Waals surface area contributed by atoms with Crippen molar-refractivity contribution in [3.8, 4) is 0 Å². The highest BCUT2D eigenvalue weighted by Crippen LogP contribution is 2.30. The Hall–Kier alpha value is -2.46. The number of amides is 1. The lowest BCUT2D eigenvalue weighted by Crippen LogP contribution is -2.54. The van der Waals surface area contributed by atoms with Gasteiger partial charge in [-0.05, 0) is 29.8 Å². The molecule has 28 heavy (non-hydrogen) atoms. The number of benzene rings is 2. The van der Waals surface area contributed by atoms with Crippen molar-refractivity contribution in [1.29, 1.82) is 0 Å². The van der Waals surface area contributed by atoms with Crippen LogP contribution in [-0.2, 0) is 19.6 Å². The number of sulfonamides is 1. The SMILES string of the molecule is NCCN1C(=O)CO[C@H](c2ccc(NS(=O)(=O)c3ccccc3)cc2)[C@H]1CO. The number of carbonyl (C=O) groups excluding carboxylic acids is 1. The van der Waals surface area contributed by atoms with Crippen LogP contribution in [0, 0.1) is 0 Å². The molecule has 150 valence electrons. The number of ether oxygens (including phenoxy) is 1. The Morgan fingerprint density at radius 1 is 1.14 bits per heavy atom. The number of hydrogen-bond acceptors (Lipinski definition) is 6. The average Bonchev–Trinajstić information content (AvgIpc) is 2.70. The Bertz CT molecular complexity index is 903. The number of carbonyl (C=O) groups is 1. The minimum Gasteiger partial charge on any atom is -0.394 e. The molecule has 8 nitrogen and oxygen atoms in total. The molecular formula is C19H23N3O5S. The maximum atomic E-state index is 12.4. The van der Waals surface area contributed by atoms with E-state index in [1.54, 1.807) is 42.5 Å². The van der Waals surface area contributed by atoms with E-state index in [1.807, 2.05) is 0 Å². The first-order valence-electron chi connectivity index (χ1n) is 8.86. The fraction of sp³-hybridized carbons (Fsp3) is 0.316. The lowest BCUT2D eigenvalue weighted by molar-refractivity contribution is -0.160. The van der Waals surface area contributed by atoms with Crippen LogP contribution in [0.1, 0.15) is 11.7 Å². The number of nitrogens with one attached hydrogen (secondary N) is 1. The summed E-state index contributed by atoms with van der Waals surface area (Å²) in [7, 11) is -3.68. The Balaban J connectivity index is 1.77. The van der Waals surface area contributed by atoms with E-state index in [-0.39, 0.29) is 30.6 Å². The summed E-state index contributed by atoms with van der Waals surface area (Å²) in [5.41, 5.74) is 6.70. The maximum Gasteiger partial charge on any atom is 0.261 e. The second kappa shape index (κ2) is 8.70. The van der Waals surface area contributed by atoms with Crippen LogP contribution in [0.3, 0.4) is 0 Å². The predicted molar refractivity (Wildman–Crippen MR) is 104 cm³/mol. The first kappa shape index (κ1) is 20.3. The molecule has 0 bridgehead atoms. The van der Waals surface area contributed by atoms with Gasteiger partial charge in [0.05, 0.1) is 17.5 Å². The van der Waals surface area contributed by atoms with Gasteiger partial charge in [-0.15, -0.1) is 0 Å². The van der Waals surface area contributed by atoms with E-state index < -0.39 is 22.2 Å². The van der Waals surface area contributed by atoms with Gasteiger partial charge in [0.15, 0.2) is 0 Å². The quantitative estimate of drug-likeness (QED) is 0.624. The molecule has 1 amide bonds. The van der Waals surface area contributed by atoms with Gasteiger partial charge in [-0.3, -0.25) is 9.52 Å². The standard InChI is InChI=1S/C19H23N3O5S/c20-10-11-22-17(12-23)19(27-13-18(22)24)14-6-8-15(9-7-14)21-28(25,26)16-4-2-1-3-5-16/h1-9,17,19,21,23H,10-13,20H2/t17-,19-/m1/s1. The third-order valence-electron chi connectivity index (χ3n) is 4.56. The van der Waals surface area contributed by atoms with Crippen molar-refractivity contribution in [2.45, 2.75) is 17.0 Å². The number of rotatable bonds is 7. The summed E-state index contributed by atoms with van der Waals surface area (Å²) in [6, 6.07) is 14.2. The maximum absolute atomic E-state index is 12.4. The van der Waals surface area contributed by atoms with Gasteiger partial charge in [0.2, 0.25) is 5.91 Å². The van der Waals surface area contributed by atoms with E-state index in [0.29, 0.717) is 12.2 Å². The minimum atomic E-state index is -3.68. The number of aliphatic hydroxyl groups is 1. The van der Waals surface area contributed by atoms with Crippen molar-refractivity contribution >= 4 is 21.6 Å². The Morgan fingerprint density at radius 2 is 1.82 bits per heavy atom. The van der Waals surface area contributed by atoms with E-state index in [1.165, 1.54) is 17.0 Å². The molecule has 0 spiro atoms. The largest absolute Gasteiger partial charge is 0.394 e. The zero-order chi connectivity index (χ0) is 20.1. The lowest BCUT2D eigenvalue weighted by atomic mass is 9.99. The molecule has 0 unspecified atom stereocenters. The van der Waals surface area contributed by atoms with Gasteiger partial charge < -0.3 is 20.5 Å². The second-order valence-corrected chi connectivity index (χ2v) is 8.08. The summed E-state index contributed by atoms with van der Waals surface area (Å²) in [4.78, 5) is 13.7. The van der Waals surface area contributed by atoms with Crippen molar-refractivity contribution in [2.24, 2.45) is 5.73 Å². The van der Waals surface area contributed by atoms with Gasteiger partial charge in [-0.25, -0.2) is 8.42 Å². The lowest BCUT2D eigenvalue weighted by Gasteiger charge is -2.40. The smallest absolute Gasteiger partial charge is 0.261 e. The third-order valence-corrected chi connectivity index (χ3v) is 5.96. The van der Waals surface area contributed by atoms with E-state index in [9.17, 15) is 18.3 Å².